The Balaban J connectivity index is 1.77. The van der Waals surface area contributed by atoms with Crippen molar-refractivity contribution in [2.75, 3.05) is 13.2 Å². The van der Waals surface area contributed by atoms with Gasteiger partial charge in [0.1, 0.15) is 11.5 Å². The minimum absolute atomic E-state index is 0.0862. The number of nitrogens with one attached hydrogen (secondary N) is 3. The number of nitro benzene ring substituents is 1. The maximum atomic E-state index is 12.4. The fourth-order valence-electron chi connectivity index (χ4n) is 2.28. The van der Waals surface area contributed by atoms with Gasteiger partial charge in [-0.25, -0.2) is 0 Å². The smallest absolute Gasteiger partial charge is 0.276 e. The van der Waals surface area contributed by atoms with E-state index >= 15 is 0 Å². The van der Waals surface area contributed by atoms with Gasteiger partial charge in [-0.1, -0.05) is 25.5 Å². The molecule has 0 aromatic heterocycles. The van der Waals surface area contributed by atoms with Crippen LogP contribution >= 0.6 is 12.2 Å². The molecule has 2 aromatic rings. The highest BCUT2D eigenvalue weighted by molar-refractivity contribution is 7.80. The lowest BCUT2D eigenvalue weighted by atomic mass is 10.2. The summed E-state index contributed by atoms with van der Waals surface area (Å²) in [6.45, 7) is 2.17. The van der Waals surface area contributed by atoms with Crippen LogP contribution in [0.5, 0.6) is 11.5 Å². The fraction of sp³-hybridized carbons (Fsp3) is 0.250. The molecule has 0 atom stereocenters. The Labute approximate surface area is 184 Å². The van der Waals surface area contributed by atoms with E-state index in [2.05, 4.69) is 16.2 Å². The van der Waals surface area contributed by atoms with Crippen LogP contribution < -0.4 is 25.6 Å². The first kappa shape index (κ1) is 23.5. The number of para-hydroxylation sites is 1. The number of carbonyl (C=O) groups is 2. The van der Waals surface area contributed by atoms with Crippen molar-refractivity contribution < 1.29 is 24.0 Å². The average molecular weight is 446 g/mol. The standard InChI is InChI=1S/C20H22N4O6S/c1-2-3-12-29-17-7-5-4-6-16(17)19(26)21-20(31)23-22-18(25)13-30-15-10-8-14(9-11-15)24(27)28/h4-11H,2-3,12-13H2,1H3,(H,22,25)(H2,21,23,26,31). The molecule has 11 heteroatoms. The molecule has 0 bridgehead atoms. The van der Waals surface area contributed by atoms with Crippen LogP contribution in [0.1, 0.15) is 30.1 Å². The number of rotatable bonds is 9. The number of amides is 2. The summed E-state index contributed by atoms with van der Waals surface area (Å²) in [4.78, 5) is 34.4. The lowest BCUT2D eigenvalue weighted by molar-refractivity contribution is -0.384. The van der Waals surface area contributed by atoms with Crippen LogP contribution in [0.2, 0.25) is 0 Å². The molecule has 0 aliphatic rings. The number of nitrogens with zero attached hydrogens (tertiary/aromatic N) is 1. The van der Waals surface area contributed by atoms with E-state index in [0.717, 1.165) is 12.8 Å². The summed E-state index contributed by atoms with van der Waals surface area (Å²) in [6, 6.07) is 12.1. The molecule has 0 spiro atoms. The third-order valence-corrected chi connectivity index (χ3v) is 4.05. The van der Waals surface area contributed by atoms with Crippen LogP contribution in [0.3, 0.4) is 0 Å². The third kappa shape index (κ3) is 7.90. The molecule has 0 fully saturated rings. The van der Waals surface area contributed by atoms with Gasteiger partial charge in [-0.2, -0.15) is 0 Å². The Hall–Kier alpha value is -3.73. The first-order valence-electron chi connectivity index (χ1n) is 9.40. The van der Waals surface area contributed by atoms with E-state index in [1.807, 2.05) is 6.92 Å². The summed E-state index contributed by atoms with van der Waals surface area (Å²) in [5.41, 5.74) is 4.92. The van der Waals surface area contributed by atoms with Gasteiger partial charge < -0.3 is 9.47 Å². The summed E-state index contributed by atoms with van der Waals surface area (Å²) in [5, 5.41) is 13.0. The van der Waals surface area contributed by atoms with E-state index in [0.29, 0.717) is 17.9 Å². The number of hydrazine groups is 1. The Bertz CT molecular complexity index is 936. The van der Waals surface area contributed by atoms with Crippen molar-refractivity contribution in [3.63, 3.8) is 0 Å². The van der Waals surface area contributed by atoms with Crippen molar-refractivity contribution in [1.29, 1.82) is 0 Å². The fourth-order valence-corrected chi connectivity index (χ4v) is 2.43. The zero-order valence-corrected chi connectivity index (χ0v) is 17.6. The number of ether oxygens (including phenoxy) is 2. The largest absolute Gasteiger partial charge is 0.493 e. The zero-order valence-electron chi connectivity index (χ0n) is 16.8. The molecular formula is C20H22N4O6S. The van der Waals surface area contributed by atoms with E-state index < -0.39 is 16.7 Å². The monoisotopic (exact) mass is 446 g/mol. The number of benzene rings is 2. The van der Waals surface area contributed by atoms with Gasteiger partial charge in [0.05, 0.1) is 17.1 Å². The third-order valence-electron chi connectivity index (χ3n) is 3.85. The molecule has 0 aliphatic heterocycles. The lowest BCUT2D eigenvalue weighted by Gasteiger charge is -2.13. The number of unbranched alkanes of at least 4 members (excludes halogenated alkanes) is 1. The summed E-state index contributed by atoms with van der Waals surface area (Å²) in [6.07, 6.45) is 1.83. The summed E-state index contributed by atoms with van der Waals surface area (Å²) >= 11 is 5.01. The maximum Gasteiger partial charge on any atom is 0.276 e. The van der Waals surface area contributed by atoms with Crippen LogP contribution in [0, 0.1) is 10.1 Å². The molecular weight excluding hydrogens is 424 g/mol. The predicted molar refractivity (Wildman–Crippen MR) is 117 cm³/mol. The second kappa shape index (κ2) is 12.1. The van der Waals surface area contributed by atoms with E-state index in [-0.39, 0.29) is 23.2 Å². The normalized spacial score (nSPS) is 9.97. The zero-order chi connectivity index (χ0) is 22.6. The van der Waals surface area contributed by atoms with E-state index in [4.69, 9.17) is 21.7 Å². The minimum atomic E-state index is -0.571. The van der Waals surface area contributed by atoms with Gasteiger partial charge in [-0.15, -0.1) is 0 Å². The molecule has 0 radical (unpaired) electrons. The highest BCUT2D eigenvalue weighted by Crippen LogP contribution is 2.18. The van der Waals surface area contributed by atoms with Gasteiger partial charge in [0.2, 0.25) is 0 Å². The van der Waals surface area contributed by atoms with Crippen LogP contribution in [-0.2, 0) is 4.79 Å². The number of hydrogen-bond donors (Lipinski definition) is 3. The number of hydrogen-bond acceptors (Lipinski definition) is 7. The molecule has 2 rings (SSSR count). The molecule has 164 valence electrons. The molecule has 2 aromatic carbocycles. The summed E-state index contributed by atoms with van der Waals surface area (Å²) in [7, 11) is 0. The predicted octanol–water partition coefficient (Wildman–Crippen LogP) is 2.49. The minimum Gasteiger partial charge on any atom is -0.493 e. The van der Waals surface area contributed by atoms with Crippen molar-refractivity contribution in [2.24, 2.45) is 0 Å². The Kier molecular flexibility index (Phi) is 9.17. The van der Waals surface area contributed by atoms with Gasteiger partial charge in [-0.3, -0.25) is 35.9 Å². The van der Waals surface area contributed by atoms with Gasteiger partial charge >= 0.3 is 0 Å². The Morgan fingerprint density at radius 2 is 1.77 bits per heavy atom. The number of non-ortho nitro benzene ring substituents is 1. The molecule has 3 N–H and O–H groups in total. The molecule has 0 saturated heterocycles. The van der Waals surface area contributed by atoms with Gasteiger partial charge in [0.25, 0.3) is 17.5 Å². The van der Waals surface area contributed by atoms with Gasteiger partial charge in [-0.05, 0) is 42.9 Å². The van der Waals surface area contributed by atoms with Crippen LogP contribution in [0.25, 0.3) is 0 Å². The van der Waals surface area contributed by atoms with Crippen molar-refractivity contribution in [3.8, 4) is 11.5 Å². The highest BCUT2D eigenvalue weighted by atomic mass is 32.1. The van der Waals surface area contributed by atoms with Crippen LogP contribution in [0.15, 0.2) is 48.5 Å². The Morgan fingerprint density at radius 1 is 1.06 bits per heavy atom. The Morgan fingerprint density at radius 3 is 2.45 bits per heavy atom. The average Bonchev–Trinajstić information content (AvgIpc) is 2.77. The van der Waals surface area contributed by atoms with Crippen molar-refractivity contribution in [3.05, 3.63) is 64.2 Å². The van der Waals surface area contributed by atoms with Gasteiger partial charge in [0.15, 0.2) is 11.7 Å². The molecule has 0 heterocycles. The number of nitro groups is 1. The van der Waals surface area contributed by atoms with Crippen molar-refractivity contribution in [2.45, 2.75) is 19.8 Å². The summed E-state index contributed by atoms with van der Waals surface area (Å²) in [5.74, 6) is -0.327. The topological polar surface area (TPSA) is 132 Å². The second-order valence-corrected chi connectivity index (χ2v) is 6.60. The van der Waals surface area contributed by atoms with E-state index in [1.54, 1.807) is 24.3 Å². The summed E-state index contributed by atoms with van der Waals surface area (Å²) < 4.78 is 10.9. The van der Waals surface area contributed by atoms with Crippen LogP contribution in [-0.4, -0.2) is 35.1 Å². The van der Waals surface area contributed by atoms with Crippen molar-refractivity contribution >= 4 is 34.8 Å². The lowest BCUT2D eigenvalue weighted by Crippen LogP contribution is -2.49. The second-order valence-electron chi connectivity index (χ2n) is 6.19. The quantitative estimate of drug-likeness (QED) is 0.232. The van der Waals surface area contributed by atoms with E-state index in [1.165, 1.54) is 24.3 Å². The molecule has 10 nitrogen and oxygen atoms in total. The first-order chi connectivity index (χ1) is 14.9. The molecule has 0 unspecified atom stereocenters. The SMILES string of the molecule is CCCCOc1ccccc1C(=O)NC(=S)NNC(=O)COc1ccc([N+](=O)[O-])cc1. The van der Waals surface area contributed by atoms with Crippen LogP contribution in [0.4, 0.5) is 5.69 Å². The molecule has 0 saturated carbocycles. The first-order valence-corrected chi connectivity index (χ1v) is 9.80. The van der Waals surface area contributed by atoms with Crippen molar-refractivity contribution in [1.82, 2.24) is 16.2 Å². The number of thiocarbonyl (C=S) groups is 1. The number of carbonyl (C=O) groups excluding carboxylic acids is 2. The molecule has 2 amide bonds. The molecule has 0 aliphatic carbocycles. The molecule has 31 heavy (non-hydrogen) atoms. The maximum absolute atomic E-state index is 12.4. The van der Waals surface area contributed by atoms with Gasteiger partial charge in [0, 0.05) is 12.1 Å². The highest BCUT2D eigenvalue weighted by Gasteiger charge is 2.14. The van der Waals surface area contributed by atoms with E-state index in [9.17, 15) is 19.7 Å².